The first-order valence-corrected chi connectivity index (χ1v) is 11.5. The van der Waals surface area contributed by atoms with Crippen molar-refractivity contribution in [2.75, 3.05) is 17.6 Å². The molecule has 0 unspecified atom stereocenters. The van der Waals surface area contributed by atoms with Crippen LogP contribution in [0.15, 0.2) is 64.1 Å². The molecule has 8 heteroatoms. The predicted octanol–water partition coefficient (Wildman–Crippen LogP) is 3.98. The van der Waals surface area contributed by atoms with E-state index in [1.807, 2.05) is 32.9 Å². The third-order valence-corrected chi connectivity index (χ3v) is 5.95. The van der Waals surface area contributed by atoms with Crippen LogP contribution >= 0.6 is 11.8 Å². The van der Waals surface area contributed by atoms with Gasteiger partial charge in [0.25, 0.3) is 5.91 Å². The second-order valence-electron chi connectivity index (χ2n) is 7.65. The van der Waals surface area contributed by atoms with Crippen molar-refractivity contribution in [3.8, 4) is 0 Å². The van der Waals surface area contributed by atoms with Crippen LogP contribution in [-0.2, 0) is 16.1 Å². The summed E-state index contributed by atoms with van der Waals surface area (Å²) in [7, 11) is 0. The number of carbonyl (C=O) groups is 3. The molecule has 3 N–H and O–H groups in total. The van der Waals surface area contributed by atoms with Gasteiger partial charge in [-0.25, -0.2) is 0 Å². The normalized spacial score (nSPS) is 10.5. The standard InChI is InChI=1S/C25H27N3O4S/c1-16-11-17(2)24(18(3)12-16)28-22(29)14-27-25(31)20-8-4-5-9-21(20)33-15-23(30)26-13-19-7-6-10-32-19/h4-12H,13-15H2,1-3H3,(H,26,30)(H,27,31)(H,28,29). The first-order chi connectivity index (χ1) is 15.8. The van der Waals surface area contributed by atoms with Crippen molar-refractivity contribution < 1.29 is 18.8 Å². The molecule has 2 aromatic carbocycles. The molecule has 1 heterocycles. The van der Waals surface area contributed by atoms with Crippen molar-refractivity contribution in [3.05, 3.63) is 82.8 Å². The van der Waals surface area contributed by atoms with Gasteiger partial charge in [-0.15, -0.1) is 11.8 Å². The summed E-state index contributed by atoms with van der Waals surface area (Å²) in [6.07, 6.45) is 1.55. The Morgan fingerprint density at radius 3 is 2.33 bits per heavy atom. The van der Waals surface area contributed by atoms with E-state index in [0.717, 1.165) is 22.4 Å². The van der Waals surface area contributed by atoms with E-state index in [9.17, 15) is 14.4 Å². The highest BCUT2D eigenvalue weighted by atomic mass is 32.2. The molecule has 0 radical (unpaired) electrons. The highest BCUT2D eigenvalue weighted by molar-refractivity contribution is 8.00. The van der Waals surface area contributed by atoms with Crippen LogP contribution in [0.25, 0.3) is 0 Å². The lowest BCUT2D eigenvalue weighted by atomic mass is 10.1. The first kappa shape index (κ1) is 24.1. The Morgan fingerprint density at radius 2 is 1.64 bits per heavy atom. The highest BCUT2D eigenvalue weighted by Gasteiger charge is 2.15. The molecule has 0 saturated heterocycles. The lowest BCUT2D eigenvalue weighted by Gasteiger charge is -2.14. The van der Waals surface area contributed by atoms with Crippen molar-refractivity contribution >= 4 is 35.2 Å². The number of hydrogen-bond acceptors (Lipinski definition) is 5. The Labute approximate surface area is 197 Å². The Morgan fingerprint density at radius 1 is 0.909 bits per heavy atom. The summed E-state index contributed by atoms with van der Waals surface area (Å²) in [5.41, 5.74) is 4.24. The van der Waals surface area contributed by atoms with Gasteiger partial charge in [0, 0.05) is 10.6 Å². The zero-order chi connectivity index (χ0) is 23.8. The van der Waals surface area contributed by atoms with Gasteiger partial charge in [-0.2, -0.15) is 0 Å². The van der Waals surface area contributed by atoms with Gasteiger partial charge >= 0.3 is 0 Å². The fraction of sp³-hybridized carbons (Fsp3) is 0.240. The van der Waals surface area contributed by atoms with Gasteiger partial charge in [0.05, 0.1) is 30.7 Å². The molecule has 7 nitrogen and oxygen atoms in total. The van der Waals surface area contributed by atoms with Crippen LogP contribution < -0.4 is 16.0 Å². The summed E-state index contributed by atoms with van der Waals surface area (Å²) in [5.74, 6) is -0.0306. The van der Waals surface area contributed by atoms with Crippen molar-refractivity contribution in [1.82, 2.24) is 10.6 Å². The molecule has 0 aliphatic rings. The minimum Gasteiger partial charge on any atom is -0.467 e. The number of anilines is 1. The molecule has 0 bridgehead atoms. The number of rotatable bonds is 9. The summed E-state index contributed by atoms with van der Waals surface area (Å²) < 4.78 is 5.19. The summed E-state index contributed by atoms with van der Waals surface area (Å²) >= 11 is 1.26. The Kier molecular flexibility index (Phi) is 8.32. The zero-order valence-corrected chi connectivity index (χ0v) is 19.7. The lowest BCUT2D eigenvalue weighted by Crippen LogP contribution is -2.33. The molecule has 0 fully saturated rings. The summed E-state index contributed by atoms with van der Waals surface area (Å²) in [6.45, 7) is 6.03. The van der Waals surface area contributed by atoms with Gasteiger partial charge in [0.2, 0.25) is 11.8 Å². The number of thioether (sulfide) groups is 1. The van der Waals surface area contributed by atoms with E-state index >= 15 is 0 Å². The van der Waals surface area contributed by atoms with Crippen LogP contribution in [0.2, 0.25) is 0 Å². The summed E-state index contributed by atoms with van der Waals surface area (Å²) in [6, 6.07) is 14.5. The molecule has 1 aromatic heterocycles. The molecular weight excluding hydrogens is 438 g/mol. The molecule has 3 amide bonds. The van der Waals surface area contributed by atoms with Crippen molar-refractivity contribution in [2.45, 2.75) is 32.2 Å². The van der Waals surface area contributed by atoms with Gasteiger partial charge < -0.3 is 20.4 Å². The van der Waals surface area contributed by atoms with Crippen LogP contribution in [0.1, 0.15) is 32.8 Å². The number of nitrogens with one attached hydrogen (secondary N) is 3. The van der Waals surface area contributed by atoms with Crippen molar-refractivity contribution in [2.24, 2.45) is 0 Å². The third-order valence-electron chi connectivity index (χ3n) is 4.88. The van der Waals surface area contributed by atoms with Gasteiger partial charge in [-0.1, -0.05) is 29.8 Å². The number of carbonyl (C=O) groups excluding carboxylic acids is 3. The Balaban J connectivity index is 1.53. The Bertz CT molecular complexity index is 1120. The molecule has 0 spiro atoms. The van der Waals surface area contributed by atoms with Crippen molar-refractivity contribution in [1.29, 1.82) is 0 Å². The van der Waals surface area contributed by atoms with E-state index in [-0.39, 0.29) is 30.0 Å². The second-order valence-corrected chi connectivity index (χ2v) is 8.66. The monoisotopic (exact) mass is 465 g/mol. The van der Waals surface area contributed by atoms with E-state index in [0.29, 0.717) is 22.8 Å². The average Bonchev–Trinajstić information content (AvgIpc) is 3.31. The van der Waals surface area contributed by atoms with E-state index < -0.39 is 0 Å². The maximum Gasteiger partial charge on any atom is 0.252 e. The molecular formula is C25H27N3O4S. The largest absolute Gasteiger partial charge is 0.467 e. The van der Waals surface area contributed by atoms with Gasteiger partial charge in [-0.05, 0) is 56.2 Å². The molecule has 33 heavy (non-hydrogen) atoms. The van der Waals surface area contributed by atoms with Crippen LogP contribution in [-0.4, -0.2) is 30.0 Å². The fourth-order valence-corrected chi connectivity index (χ4v) is 4.27. The summed E-state index contributed by atoms with van der Waals surface area (Å²) in [5, 5.41) is 8.31. The molecule has 172 valence electrons. The number of aryl methyl sites for hydroxylation is 3. The zero-order valence-electron chi connectivity index (χ0n) is 18.9. The van der Waals surface area contributed by atoms with E-state index in [1.165, 1.54) is 11.8 Å². The number of hydrogen-bond donors (Lipinski definition) is 3. The fourth-order valence-electron chi connectivity index (χ4n) is 3.39. The van der Waals surface area contributed by atoms with E-state index in [2.05, 4.69) is 16.0 Å². The SMILES string of the molecule is Cc1cc(C)c(NC(=O)CNC(=O)c2ccccc2SCC(=O)NCc2ccco2)c(C)c1. The van der Waals surface area contributed by atoms with E-state index in [4.69, 9.17) is 4.42 Å². The smallest absolute Gasteiger partial charge is 0.252 e. The second kappa shape index (κ2) is 11.4. The van der Waals surface area contributed by atoms with Crippen LogP contribution in [0.5, 0.6) is 0 Å². The van der Waals surface area contributed by atoms with Crippen LogP contribution in [0.4, 0.5) is 5.69 Å². The molecule has 0 aliphatic heterocycles. The number of benzene rings is 2. The Hall–Kier alpha value is -3.52. The molecule has 0 atom stereocenters. The van der Waals surface area contributed by atoms with Crippen LogP contribution in [0, 0.1) is 20.8 Å². The predicted molar refractivity (Wildman–Crippen MR) is 129 cm³/mol. The minimum atomic E-state index is -0.374. The molecule has 3 rings (SSSR count). The van der Waals surface area contributed by atoms with Gasteiger partial charge in [-0.3, -0.25) is 14.4 Å². The number of furan rings is 1. The third kappa shape index (κ3) is 6.98. The van der Waals surface area contributed by atoms with Crippen molar-refractivity contribution in [3.63, 3.8) is 0 Å². The molecule has 0 saturated carbocycles. The lowest BCUT2D eigenvalue weighted by molar-refractivity contribution is -0.118. The summed E-state index contributed by atoms with van der Waals surface area (Å²) in [4.78, 5) is 37.9. The maximum absolute atomic E-state index is 12.7. The first-order valence-electron chi connectivity index (χ1n) is 10.5. The van der Waals surface area contributed by atoms with E-state index in [1.54, 1.807) is 42.7 Å². The number of amides is 3. The minimum absolute atomic E-state index is 0.150. The average molecular weight is 466 g/mol. The topological polar surface area (TPSA) is 100 Å². The maximum atomic E-state index is 12.7. The van der Waals surface area contributed by atoms with Crippen LogP contribution in [0.3, 0.4) is 0 Å². The van der Waals surface area contributed by atoms with Gasteiger partial charge in [0.1, 0.15) is 5.76 Å². The highest BCUT2D eigenvalue weighted by Crippen LogP contribution is 2.23. The molecule has 3 aromatic rings. The molecule has 0 aliphatic carbocycles. The quantitative estimate of drug-likeness (QED) is 0.415. The van der Waals surface area contributed by atoms with Gasteiger partial charge in [0.15, 0.2) is 0 Å².